The maximum absolute atomic E-state index is 13.5. The lowest BCUT2D eigenvalue weighted by Gasteiger charge is -2.17. The van der Waals surface area contributed by atoms with Gasteiger partial charge in [0, 0.05) is 11.3 Å². The summed E-state index contributed by atoms with van der Waals surface area (Å²) in [6.45, 7) is 1.62. The Bertz CT molecular complexity index is 534. The van der Waals surface area contributed by atoms with Gasteiger partial charge in [0.05, 0.1) is 6.04 Å². The van der Waals surface area contributed by atoms with E-state index in [0.29, 0.717) is 5.69 Å². The summed E-state index contributed by atoms with van der Waals surface area (Å²) in [5.41, 5.74) is 0.423. The highest BCUT2D eigenvalue weighted by Gasteiger charge is 2.15. The minimum absolute atomic E-state index is 0.0539. The average molecular weight is 251 g/mol. The molecule has 2 rings (SSSR count). The molecular weight excluding hydrogens is 239 g/mol. The van der Waals surface area contributed by atoms with Crippen LogP contribution in [0.2, 0.25) is 0 Å². The van der Waals surface area contributed by atoms with Gasteiger partial charge < -0.3 is 5.32 Å². The summed E-state index contributed by atoms with van der Waals surface area (Å²) in [7, 11) is 0. The number of hydrogen-bond acceptors (Lipinski definition) is 1. The molecule has 2 aromatic rings. The van der Waals surface area contributed by atoms with Crippen LogP contribution in [0.4, 0.5) is 18.9 Å². The molecule has 0 radical (unpaired) electrons. The van der Waals surface area contributed by atoms with Gasteiger partial charge in [0.15, 0.2) is 0 Å². The van der Waals surface area contributed by atoms with Crippen molar-refractivity contribution in [2.45, 2.75) is 13.0 Å². The topological polar surface area (TPSA) is 12.0 Å². The van der Waals surface area contributed by atoms with Gasteiger partial charge >= 0.3 is 0 Å². The van der Waals surface area contributed by atoms with Crippen LogP contribution in [0.3, 0.4) is 0 Å². The van der Waals surface area contributed by atoms with E-state index in [1.165, 1.54) is 36.4 Å². The second kappa shape index (κ2) is 5.12. The first-order valence-corrected chi connectivity index (χ1v) is 5.54. The highest BCUT2D eigenvalue weighted by atomic mass is 19.1. The van der Waals surface area contributed by atoms with Crippen molar-refractivity contribution < 1.29 is 13.2 Å². The fraction of sp³-hybridized carbons (Fsp3) is 0.143. The molecular formula is C14H12F3N. The van der Waals surface area contributed by atoms with Crippen molar-refractivity contribution in [1.82, 2.24) is 0 Å². The Morgan fingerprint density at radius 2 is 1.56 bits per heavy atom. The lowest BCUT2D eigenvalue weighted by atomic mass is 10.1. The summed E-state index contributed by atoms with van der Waals surface area (Å²) < 4.78 is 40.0. The molecule has 2 aromatic carbocycles. The fourth-order valence-electron chi connectivity index (χ4n) is 1.82. The Morgan fingerprint density at radius 1 is 0.944 bits per heavy atom. The third kappa shape index (κ3) is 2.64. The largest absolute Gasteiger partial charge is 0.378 e. The van der Waals surface area contributed by atoms with Gasteiger partial charge in [0.25, 0.3) is 0 Å². The Hall–Kier alpha value is -1.97. The quantitative estimate of drug-likeness (QED) is 0.858. The molecule has 0 aliphatic heterocycles. The summed E-state index contributed by atoms with van der Waals surface area (Å²) in [5, 5.41) is 2.86. The molecule has 0 spiro atoms. The summed E-state index contributed by atoms with van der Waals surface area (Å²) in [4.78, 5) is 0. The van der Waals surface area contributed by atoms with Gasteiger partial charge in [-0.05, 0) is 37.3 Å². The molecule has 0 aromatic heterocycles. The van der Waals surface area contributed by atoms with Gasteiger partial charge in [-0.1, -0.05) is 12.1 Å². The Balaban J connectivity index is 2.25. The first kappa shape index (κ1) is 12.5. The minimum Gasteiger partial charge on any atom is -0.378 e. The molecule has 0 amide bonds. The van der Waals surface area contributed by atoms with E-state index in [1.807, 2.05) is 0 Å². The van der Waals surface area contributed by atoms with Gasteiger partial charge in [0.2, 0.25) is 0 Å². The monoisotopic (exact) mass is 251 g/mol. The molecule has 4 heteroatoms. The highest BCUT2D eigenvalue weighted by Crippen LogP contribution is 2.24. The number of nitrogens with one attached hydrogen (secondary N) is 1. The van der Waals surface area contributed by atoms with Gasteiger partial charge in [-0.15, -0.1) is 0 Å². The normalized spacial score (nSPS) is 12.2. The van der Waals surface area contributed by atoms with E-state index < -0.39 is 23.5 Å². The molecule has 18 heavy (non-hydrogen) atoms. The average Bonchev–Trinajstić information content (AvgIpc) is 2.28. The van der Waals surface area contributed by atoms with Gasteiger partial charge in [-0.3, -0.25) is 0 Å². The molecule has 1 N–H and O–H groups in total. The van der Waals surface area contributed by atoms with Gasteiger partial charge in [0.1, 0.15) is 17.5 Å². The first-order chi connectivity index (χ1) is 8.58. The van der Waals surface area contributed by atoms with Crippen LogP contribution in [0.5, 0.6) is 0 Å². The van der Waals surface area contributed by atoms with E-state index in [2.05, 4.69) is 5.32 Å². The van der Waals surface area contributed by atoms with Crippen LogP contribution in [0.1, 0.15) is 18.5 Å². The molecule has 0 heterocycles. The zero-order valence-corrected chi connectivity index (χ0v) is 9.75. The van der Waals surface area contributed by atoms with Gasteiger partial charge in [-0.2, -0.15) is 0 Å². The lowest BCUT2D eigenvalue weighted by Crippen LogP contribution is -2.10. The van der Waals surface area contributed by atoms with Crippen molar-refractivity contribution >= 4 is 5.69 Å². The molecule has 94 valence electrons. The molecule has 1 atom stereocenters. The fourth-order valence-corrected chi connectivity index (χ4v) is 1.82. The van der Waals surface area contributed by atoms with Crippen LogP contribution < -0.4 is 5.32 Å². The number of rotatable bonds is 3. The predicted octanol–water partition coefficient (Wildman–Crippen LogP) is 4.28. The van der Waals surface area contributed by atoms with E-state index in [4.69, 9.17) is 0 Å². The maximum Gasteiger partial charge on any atom is 0.131 e. The smallest absolute Gasteiger partial charge is 0.131 e. The van der Waals surface area contributed by atoms with E-state index in [-0.39, 0.29) is 5.56 Å². The number of anilines is 1. The molecule has 0 fully saturated rings. The van der Waals surface area contributed by atoms with Crippen molar-refractivity contribution in [3.05, 3.63) is 65.5 Å². The van der Waals surface area contributed by atoms with Crippen molar-refractivity contribution in [3.8, 4) is 0 Å². The van der Waals surface area contributed by atoms with Crippen LogP contribution in [0.15, 0.2) is 42.5 Å². The van der Waals surface area contributed by atoms with Crippen molar-refractivity contribution in [3.63, 3.8) is 0 Å². The Labute approximate surface area is 103 Å². The summed E-state index contributed by atoms with van der Waals surface area (Å²) in [5.74, 6) is -1.64. The molecule has 0 saturated heterocycles. The number of halogens is 3. The van der Waals surface area contributed by atoms with E-state index in [1.54, 1.807) is 13.0 Å². The number of hydrogen-bond donors (Lipinski definition) is 1. The van der Waals surface area contributed by atoms with Gasteiger partial charge in [-0.25, -0.2) is 13.2 Å². The van der Waals surface area contributed by atoms with Crippen molar-refractivity contribution in [2.75, 3.05) is 5.32 Å². The molecule has 1 unspecified atom stereocenters. The van der Waals surface area contributed by atoms with Crippen molar-refractivity contribution in [2.24, 2.45) is 0 Å². The maximum atomic E-state index is 13.5. The van der Waals surface area contributed by atoms with E-state index >= 15 is 0 Å². The Morgan fingerprint density at radius 3 is 2.17 bits per heavy atom. The van der Waals surface area contributed by atoms with E-state index in [9.17, 15) is 13.2 Å². The molecule has 0 saturated carbocycles. The van der Waals surface area contributed by atoms with Crippen molar-refractivity contribution in [1.29, 1.82) is 0 Å². The van der Waals surface area contributed by atoms with E-state index in [0.717, 1.165) is 0 Å². The van der Waals surface area contributed by atoms with Crippen LogP contribution in [-0.4, -0.2) is 0 Å². The van der Waals surface area contributed by atoms with Crippen LogP contribution >= 0.6 is 0 Å². The Kier molecular flexibility index (Phi) is 3.55. The second-order valence-corrected chi connectivity index (χ2v) is 4.01. The summed E-state index contributed by atoms with van der Waals surface area (Å²) in [6.07, 6.45) is 0. The molecule has 0 aliphatic rings. The predicted molar refractivity (Wildman–Crippen MR) is 64.8 cm³/mol. The standard InChI is InChI=1S/C14H12F3N/c1-9(14-12(16)6-3-7-13(14)17)18-11-5-2-4-10(15)8-11/h2-9,18H,1H3. The van der Waals surface area contributed by atoms with Crippen LogP contribution in [0, 0.1) is 17.5 Å². The lowest BCUT2D eigenvalue weighted by molar-refractivity contribution is 0.544. The molecule has 0 bridgehead atoms. The third-order valence-electron chi connectivity index (χ3n) is 2.64. The highest BCUT2D eigenvalue weighted by molar-refractivity contribution is 5.45. The van der Waals surface area contributed by atoms with Crippen LogP contribution in [0.25, 0.3) is 0 Å². The SMILES string of the molecule is CC(Nc1cccc(F)c1)c1c(F)cccc1F. The minimum atomic E-state index is -0.619. The molecule has 1 nitrogen and oxygen atoms in total. The zero-order chi connectivity index (χ0) is 13.1. The zero-order valence-electron chi connectivity index (χ0n) is 9.75. The summed E-state index contributed by atoms with van der Waals surface area (Å²) in [6, 6.07) is 8.86. The molecule has 0 aliphatic carbocycles. The number of benzene rings is 2. The first-order valence-electron chi connectivity index (χ1n) is 5.54. The summed E-state index contributed by atoms with van der Waals surface area (Å²) >= 11 is 0. The van der Waals surface area contributed by atoms with Crippen LogP contribution in [-0.2, 0) is 0 Å². The second-order valence-electron chi connectivity index (χ2n) is 4.01. The third-order valence-corrected chi connectivity index (χ3v) is 2.64.